The molecule has 56 heavy (non-hydrogen) atoms. The highest BCUT2D eigenvalue weighted by Crippen LogP contribution is 2.59. The predicted octanol–water partition coefficient (Wildman–Crippen LogP) is 15.6. The zero-order valence-corrected chi connectivity index (χ0v) is 31.0. The minimum absolute atomic E-state index is 0.719. The van der Waals surface area contributed by atoms with Crippen molar-refractivity contribution in [3.8, 4) is 55.0 Å². The number of benzene rings is 9. The Balaban J connectivity index is 1.06. The van der Waals surface area contributed by atoms with Crippen molar-refractivity contribution in [1.82, 2.24) is 0 Å². The average Bonchev–Trinajstić information content (AvgIpc) is 3.65. The van der Waals surface area contributed by atoms with Crippen molar-refractivity contribution in [2.75, 3.05) is 4.90 Å². The van der Waals surface area contributed by atoms with Gasteiger partial charge in [0.05, 0.1) is 9.75 Å². The van der Waals surface area contributed by atoms with Crippen molar-refractivity contribution in [2.24, 2.45) is 0 Å². The van der Waals surface area contributed by atoms with Gasteiger partial charge in [0.25, 0.3) is 0 Å². The van der Waals surface area contributed by atoms with E-state index >= 15 is 0 Å². The van der Waals surface area contributed by atoms with Gasteiger partial charge < -0.3 is 14.4 Å². The molecule has 1 aliphatic heterocycles. The fourth-order valence-corrected chi connectivity index (χ4v) is 9.24. The van der Waals surface area contributed by atoms with Gasteiger partial charge in [-0.1, -0.05) is 152 Å². The molecule has 0 unspecified atom stereocenters. The predicted molar refractivity (Wildman–Crippen MR) is 234 cm³/mol. The van der Waals surface area contributed by atoms with E-state index < -0.39 is 0 Å². The summed E-state index contributed by atoms with van der Waals surface area (Å²) in [6.07, 6.45) is 0. The largest absolute Gasteiger partial charge is 0.448 e. The van der Waals surface area contributed by atoms with Crippen LogP contribution in [0.5, 0.6) is 23.0 Å². The van der Waals surface area contributed by atoms with Crippen LogP contribution >= 0.6 is 11.3 Å². The second-order valence-electron chi connectivity index (χ2n) is 14.1. The van der Waals surface area contributed by atoms with E-state index in [9.17, 15) is 0 Å². The first kappa shape index (κ1) is 32.3. The first-order valence-electron chi connectivity index (χ1n) is 18.8. The molecule has 264 valence electrons. The summed E-state index contributed by atoms with van der Waals surface area (Å²) in [5.74, 6) is 2.95. The summed E-state index contributed by atoms with van der Waals surface area (Å²) < 4.78 is 13.2. The van der Waals surface area contributed by atoms with Crippen molar-refractivity contribution in [2.45, 2.75) is 0 Å². The standard InChI is InChI=1S/C52H33NO2S/c1-3-13-34(14-4-1)35-23-27-38(28-24-35)53(40-31-32-45-43-19-8-7-17-41(43)42-18-9-10-20-44(42)46(45)33-40)39-29-25-37(26-30-39)52-50-49(51(56-52)36-15-5-2-6-16-36)54-47-21-11-12-22-48(47)55-50/h1-33H. The van der Waals surface area contributed by atoms with Crippen LogP contribution in [0.4, 0.5) is 17.1 Å². The van der Waals surface area contributed by atoms with Crippen molar-refractivity contribution in [3.63, 3.8) is 0 Å². The maximum atomic E-state index is 6.61. The van der Waals surface area contributed by atoms with Gasteiger partial charge in [-0.2, -0.15) is 0 Å². The maximum absolute atomic E-state index is 6.61. The molecule has 1 aliphatic rings. The molecule has 0 amide bonds. The van der Waals surface area contributed by atoms with Gasteiger partial charge in [0.15, 0.2) is 23.0 Å². The molecule has 3 nitrogen and oxygen atoms in total. The van der Waals surface area contributed by atoms with E-state index in [0.29, 0.717) is 0 Å². The molecule has 4 heteroatoms. The number of hydrogen-bond acceptors (Lipinski definition) is 4. The molecule has 2 heterocycles. The molecule has 0 bridgehead atoms. The molecule has 11 rings (SSSR count). The third-order valence-electron chi connectivity index (χ3n) is 10.7. The molecule has 0 saturated heterocycles. The van der Waals surface area contributed by atoms with Gasteiger partial charge >= 0.3 is 0 Å². The fourth-order valence-electron chi connectivity index (χ4n) is 8.07. The lowest BCUT2D eigenvalue weighted by molar-refractivity contribution is 0.364. The van der Waals surface area contributed by atoms with Gasteiger partial charge in [0, 0.05) is 17.1 Å². The van der Waals surface area contributed by atoms with Crippen LogP contribution in [-0.4, -0.2) is 0 Å². The highest BCUT2D eigenvalue weighted by Gasteiger charge is 2.29. The smallest absolute Gasteiger partial charge is 0.189 e. The number of thiophene rings is 1. The van der Waals surface area contributed by atoms with E-state index in [1.165, 1.54) is 43.4 Å². The Morgan fingerprint density at radius 3 is 1.21 bits per heavy atom. The summed E-state index contributed by atoms with van der Waals surface area (Å²) >= 11 is 1.70. The Labute approximate surface area is 328 Å². The number of anilines is 3. The minimum Gasteiger partial charge on any atom is -0.448 e. The zero-order chi connectivity index (χ0) is 37.0. The van der Waals surface area contributed by atoms with E-state index in [1.807, 2.05) is 30.3 Å². The van der Waals surface area contributed by atoms with Crippen LogP contribution in [0.15, 0.2) is 200 Å². The summed E-state index contributed by atoms with van der Waals surface area (Å²) in [6.45, 7) is 0. The molecule has 0 radical (unpaired) electrons. The van der Waals surface area contributed by atoms with Crippen LogP contribution in [0.3, 0.4) is 0 Å². The Kier molecular flexibility index (Phi) is 7.68. The molecule has 0 spiro atoms. The summed E-state index contributed by atoms with van der Waals surface area (Å²) in [5.41, 5.74) is 7.77. The lowest BCUT2D eigenvalue weighted by Gasteiger charge is -2.27. The van der Waals surface area contributed by atoms with Gasteiger partial charge in [-0.25, -0.2) is 0 Å². The molecule has 0 aliphatic carbocycles. The Morgan fingerprint density at radius 2 is 0.679 bits per heavy atom. The molecule has 0 N–H and O–H groups in total. The Bertz CT molecular complexity index is 3030. The quantitative estimate of drug-likeness (QED) is 0.159. The highest BCUT2D eigenvalue weighted by atomic mass is 32.1. The summed E-state index contributed by atoms with van der Waals surface area (Å²) in [6, 6.07) is 71.0. The van der Waals surface area contributed by atoms with E-state index in [-0.39, 0.29) is 0 Å². The molecule has 1 aromatic heterocycles. The van der Waals surface area contributed by atoms with E-state index in [0.717, 1.165) is 60.9 Å². The van der Waals surface area contributed by atoms with Gasteiger partial charge in [-0.05, 0) is 103 Å². The van der Waals surface area contributed by atoms with E-state index in [2.05, 4.69) is 175 Å². The summed E-state index contributed by atoms with van der Waals surface area (Å²) in [7, 11) is 0. The van der Waals surface area contributed by atoms with Crippen molar-refractivity contribution in [1.29, 1.82) is 0 Å². The zero-order valence-electron chi connectivity index (χ0n) is 30.2. The summed E-state index contributed by atoms with van der Waals surface area (Å²) in [5, 5.41) is 7.53. The number of ether oxygens (including phenoxy) is 2. The average molecular weight is 736 g/mol. The normalized spacial score (nSPS) is 11.9. The summed E-state index contributed by atoms with van der Waals surface area (Å²) in [4.78, 5) is 4.44. The second kappa shape index (κ2) is 13.3. The third kappa shape index (κ3) is 5.42. The van der Waals surface area contributed by atoms with Crippen LogP contribution in [0.1, 0.15) is 0 Å². The molecule has 0 saturated carbocycles. The molecule has 10 aromatic rings. The number of fused-ring (bicyclic) bond motifs is 8. The topological polar surface area (TPSA) is 21.7 Å². The number of nitrogens with zero attached hydrogens (tertiary/aromatic N) is 1. The van der Waals surface area contributed by atoms with Crippen LogP contribution in [0, 0.1) is 0 Å². The second-order valence-corrected chi connectivity index (χ2v) is 15.1. The number of para-hydroxylation sites is 2. The SMILES string of the molecule is c1ccc(-c2ccc(N(c3ccc(-c4sc(-c5ccccc5)c5c4Oc4ccccc4O5)cc3)c3ccc4c5ccccc5c5ccccc5c4c3)cc2)cc1. The molecular formula is C52H33NO2S. The number of rotatable bonds is 6. The van der Waals surface area contributed by atoms with Crippen molar-refractivity contribution in [3.05, 3.63) is 200 Å². The van der Waals surface area contributed by atoms with Crippen LogP contribution in [-0.2, 0) is 0 Å². The van der Waals surface area contributed by atoms with Crippen LogP contribution in [0.25, 0.3) is 64.3 Å². The van der Waals surface area contributed by atoms with Crippen LogP contribution < -0.4 is 14.4 Å². The minimum atomic E-state index is 0.719. The third-order valence-corrected chi connectivity index (χ3v) is 12.0. The maximum Gasteiger partial charge on any atom is 0.189 e. The first-order valence-corrected chi connectivity index (χ1v) is 19.6. The molecule has 0 fully saturated rings. The van der Waals surface area contributed by atoms with E-state index in [1.54, 1.807) is 11.3 Å². The van der Waals surface area contributed by atoms with Gasteiger partial charge in [-0.15, -0.1) is 11.3 Å². The molecule has 9 aromatic carbocycles. The number of hydrogen-bond donors (Lipinski definition) is 0. The first-order chi connectivity index (χ1) is 27.8. The van der Waals surface area contributed by atoms with Gasteiger partial charge in [-0.3, -0.25) is 0 Å². The lowest BCUT2D eigenvalue weighted by Crippen LogP contribution is -2.10. The van der Waals surface area contributed by atoms with E-state index in [4.69, 9.17) is 9.47 Å². The highest BCUT2D eigenvalue weighted by molar-refractivity contribution is 7.19. The molecular weight excluding hydrogens is 703 g/mol. The van der Waals surface area contributed by atoms with Crippen LogP contribution in [0.2, 0.25) is 0 Å². The van der Waals surface area contributed by atoms with Crippen molar-refractivity contribution >= 4 is 60.7 Å². The molecule has 0 atom stereocenters. The Hall–Kier alpha value is -7.14. The monoisotopic (exact) mass is 735 g/mol. The lowest BCUT2D eigenvalue weighted by atomic mass is 9.94. The van der Waals surface area contributed by atoms with Crippen molar-refractivity contribution < 1.29 is 9.47 Å². The van der Waals surface area contributed by atoms with Gasteiger partial charge in [0.2, 0.25) is 0 Å². The Morgan fingerprint density at radius 1 is 0.304 bits per heavy atom. The fraction of sp³-hybridized carbons (Fsp3) is 0. The van der Waals surface area contributed by atoms with Gasteiger partial charge in [0.1, 0.15) is 0 Å².